The smallest absolute Gasteiger partial charge is 0.0409 e. The summed E-state index contributed by atoms with van der Waals surface area (Å²) >= 11 is 6.00. The van der Waals surface area contributed by atoms with E-state index in [1.54, 1.807) is 0 Å². The van der Waals surface area contributed by atoms with Crippen molar-refractivity contribution in [3.63, 3.8) is 0 Å². The maximum atomic E-state index is 6.24. The van der Waals surface area contributed by atoms with Crippen LogP contribution in [0.1, 0.15) is 45.2 Å². The molecule has 3 heteroatoms. The van der Waals surface area contributed by atoms with Crippen LogP contribution in [0.5, 0.6) is 0 Å². The molecule has 1 rings (SSSR count). The van der Waals surface area contributed by atoms with Crippen LogP contribution in [-0.4, -0.2) is 24.5 Å². The Morgan fingerprint density at radius 1 is 1.32 bits per heavy atom. The SMILES string of the molecule is CCC(C)CN(CC)CCC(N)c1cccc(Cl)c1. The van der Waals surface area contributed by atoms with Gasteiger partial charge in [0, 0.05) is 17.6 Å². The molecule has 0 saturated heterocycles. The number of rotatable bonds is 8. The van der Waals surface area contributed by atoms with Gasteiger partial charge < -0.3 is 10.6 Å². The number of nitrogens with two attached hydrogens (primary N) is 1. The second kappa shape index (κ2) is 8.57. The van der Waals surface area contributed by atoms with Crippen LogP contribution in [0, 0.1) is 5.92 Å². The highest BCUT2D eigenvalue weighted by Gasteiger charge is 2.11. The molecule has 2 atom stereocenters. The van der Waals surface area contributed by atoms with E-state index in [2.05, 4.69) is 31.7 Å². The van der Waals surface area contributed by atoms with Gasteiger partial charge in [-0.3, -0.25) is 0 Å². The lowest BCUT2D eigenvalue weighted by Crippen LogP contribution is -2.31. The van der Waals surface area contributed by atoms with Crippen molar-refractivity contribution in [3.8, 4) is 0 Å². The van der Waals surface area contributed by atoms with E-state index in [9.17, 15) is 0 Å². The van der Waals surface area contributed by atoms with Crippen molar-refractivity contribution in [1.82, 2.24) is 4.90 Å². The Balaban J connectivity index is 2.46. The molecule has 0 fully saturated rings. The average Bonchev–Trinajstić information content (AvgIpc) is 2.42. The third-order valence-corrected chi connectivity index (χ3v) is 3.98. The van der Waals surface area contributed by atoms with E-state index < -0.39 is 0 Å². The number of hydrogen-bond donors (Lipinski definition) is 1. The molecule has 1 aromatic rings. The first-order valence-corrected chi connectivity index (χ1v) is 7.68. The zero-order valence-electron chi connectivity index (χ0n) is 12.4. The summed E-state index contributed by atoms with van der Waals surface area (Å²) in [6.07, 6.45) is 2.21. The lowest BCUT2D eigenvalue weighted by molar-refractivity contribution is 0.237. The highest BCUT2D eigenvalue weighted by Crippen LogP contribution is 2.19. The molecular formula is C16H27ClN2. The molecule has 19 heavy (non-hydrogen) atoms. The molecule has 0 aliphatic carbocycles. The summed E-state index contributed by atoms with van der Waals surface area (Å²) in [6.45, 7) is 10.1. The van der Waals surface area contributed by atoms with Crippen LogP contribution in [0.2, 0.25) is 5.02 Å². The van der Waals surface area contributed by atoms with Crippen molar-refractivity contribution in [2.24, 2.45) is 11.7 Å². The minimum atomic E-state index is 0.0738. The predicted molar refractivity (Wildman–Crippen MR) is 84.6 cm³/mol. The van der Waals surface area contributed by atoms with Crippen molar-refractivity contribution in [2.45, 2.75) is 39.7 Å². The van der Waals surface area contributed by atoms with Crippen molar-refractivity contribution in [2.75, 3.05) is 19.6 Å². The zero-order valence-corrected chi connectivity index (χ0v) is 13.2. The van der Waals surface area contributed by atoms with E-state index in [0.29, 0.717) is 0 Å². The first kappa shape index (κ1) is 16.5. The van der Waals surface area contributed by atoms with Gasteiger partial charge in [-0.15, -0.1) is 0 Å². The largest absolute Gasteiger partial charge is 0.324 e. The van der Waals surface area contributed by atoms with E-state index in [1.807, 2.05) is 18.2 Å². The topological polar surface area (TPSA) is 29.3 Å². The molecule has 0 aliphatic rings. The standard InChI is InChI=1S/C16H27ClN2/c1-4-13(3)12-19(5-2)10-9-16(18)14-7-6-8-15(17)11-14/h6-8,11,13,16H,4-5,9-10,12,18H2,1-3H3. The van der Waals surface area contributed by atoms with Gasteiger partial charge in [-0.1, -0.05) is 50.9 Å². The summed E-state index contributed by atoms with van der Waals surface area (Å²) in [5.41, 5.74) is 7.38. The second-order valence-corrected chi connectivity index (χ2v) is 5.79. The van der Waals surface area contributed by atoms with Gasteiger partial charge in [0.1, 0.15) is 0 Å². The maximum Gasteiger partial charge on any atom is 0.0409 e. The van der Waals surface area contributed by atoms with Crippen LogP contribution in [0.15, 0.2) is 24.3 Å². The minimum Gasteiger partial charge on any atom is -0.324 e. The number of hydrogen-bond acceptors (Lipinski definition) is 2. The molecule has 0 aliphatic heterocycles. The van der Waals surface area contributed by atoms with E-state index in [0.717, 1.165) is 42.6 Å². The molecule has 0 spiro atoms. The lowest BCUT2D eigenvalue weighted by Gasteiger charge is -2.25. The van der Waals surface area contributed by atoms with Gasteiger partial charge in [-0.25, -0.2) is 0 Å². The fraction of sp³-hybridized carbons (Fsp3) is 0.625. The summed E-state index contributed by atoms with van der Waals surface area (Å²) in [6, 6.07) is 7.95. The van der Waals surface area contributed by atoms with Crippen LogP contribution in [0.4, 0.5) is 0 Å². The van der Waals surface area contributed by atoms with Crippen LogP contribution in [0.3, 0.4) is 0 Å². The average molecular weight is 283 g/mol. The summed E-state index contributed by atoms with van der Waals surface area (Å²) in [7, 11) is 0. The molecule has 0 saturated carbocycles. The Morgan fingerprint density at radius 3 is 2.63 bits per heavy atom. The van der Waals surface area contributed by atoms with E-state index in [4.69, 9.17) is 17.3 Å². The van der Waals surface area contributed by atoms with E-state index in [-0.39, 0.29) is 6.04 Å². The number of nitrogens with zero attached hydrogens (tertiary/aromatic N) is 1. The van der Waals surface area contributed by atoms with Crippen LogP contribution < -0.4 is 5.73 Å². The summed E-state index contributed by atoms with van der Waals surface area (Å²) < 4.78 is 0. The maximum absolute atomic E-state index is 6.24. The van der Waals surface area contributed by atoms with Gasteiger partial charge in [-0.2, -0.15) is 0 Å². The Bertz CT molecular complexity index is 368. The third-order valence-electron chi connectivity index (χ3n) is 3.75. The number of halogens is 1. The van der Waals surface area contributed by atoms with E-state index >= 15 is 0 Å². The third kappa shape index (κ3) is 5.94. The van der Waals surface area contributed by atoms with Gasteiger partial charge >= 0.3 is 0 Å². The van der Waals surface area contributed by atoms with Crippen LogP contribution in [0.25, 0.3) is 0 Å². The predicted octanol–water partition coefficient (Wildman–Crippen LogP) is 4.10. The summed E-state index contributed by atoms with van der Waals surface area (Å²) in [5, 5.41) is 0.764. The molecule has 1 aromatic carbocycles. The van der Waals surface area contributed by atoms with Gasteiger partial charge in [0.25, 0.3) is 0 Å². The molecule has 108 valence electrons. The number of benzene rings is 1. The second-order valence-electron chi connectivity index (χ2n) is 5.36. The fourth-order valence-corrected chi connectivity index (χ4v) is 2.37. The quantitative estimate of drug-likeness (QED) is 0.778. The minimum absolute atomic E-state index is 0.0738. The molecule has 0 aromatic heterocycles. The molecule has 0 amide bonds. The van der Waals surface area contributed by atoms with Gasteiger partial charge in [0.2, 0.25) is 0 Å². The van der Waals surface area contributed by atoms with Gasteiger partial charge in [0.15, 0.2) is 0 Å². The molecule has 0 heterocycles. The highest BCUT2D eigenvalue weighted by atomic mass is 35.5. The molecule has 0 radical (unpaired) electrons. The Labute approximate surface area is 122 Å². The van der Waals surface area contributed by atoms with Crippen LogP contribution >= 0.6 is 11.6 Å². The summed E-state index contributed by atoms with van der Waals surface area (Å²) in [5.74, 6) is 0.752. The highest BCUT2D eigenvalue weighted by molar-refractivity contribution is 6.30. The zero-order chi connectivity index (χ0) is 14.3. The Morgan fingerprint density at radius 2 is 2.05 bits per heavy atom. The molecular weight excluding hydrogens is 256 g/mol. The molecule has 2 N–H and O–H groups in total. The fourth-order valence-electron chi connectivity index (χ4n) is 2.17. The van der Waals surface area contributed by atoms with Crippen LogP contribution in [-0.2, 0) is 0 Å². The summed E-state index contributed by atoms with van der Waals surface area (Å²) in [4.78, 5) is 2.48. The van der Waals surface area contributed by atoms with Crippen molar-refractivity contribution in [1.29, 1.82) is 0 Å². The lowest BCUT2D eigenvalue weighted by atomic mass is 10.0. The Hall–Kier alpha value is -0.570. The van der Waals surface area contributed by atoms with E-state index in [1.165, 1.54) is 6.42 Å². The Kier molecular flexibility index (Phi) is 7.44. The molecule has 0 bridgehead atoms. The first-order valence-electron chi connectivity index (χ1n) is 7.30. The van der Waals surface area contributed by atoms with Crippen molar-refractivity contribution in [3.05, 3.63) is 34.9 Å². The first-order chi connectivity index (χ1) is 9.06. The van der Waals surface area contributed by atoms with Gasteiger partial charge in [-0.05, 0) is 43.1 Å². The van der Waals surface area contributed by atoms with Crippen molar-refractivity contribution < 1.29 is 0 Å². The monoisotopic (exact) mass is 282 g/mol. The van der Waals surface area contributed by atoms with Crippen molar-refractivity contribution >= 4 is 11.6 Å². The molecule has 2 nitrogen and oxygen atoms in total. The van der Waals surface area contributed by atoms with Gasteiger partial charge in [0.05, 0.1) is 0 Å². The normalized spacial score (nSPS) is 14.6. The molecule has 2 unspecified atom stereocenters.